The second-order valence-electron chi connectivity index (χ2n) is 7.78. The molecular formula is C26H26N4O4. The number of nitrogens with one attached hydrogen (secondary N) is 2. The lowest BCUT2D eigenvalue weighted by atomic mass is 10.1. The Kier molecular flexibility index (Phi) is 7.07. The largest absolute Gasteiger partial charge is 0.493 e. The highest BCUT2D eigenvalue weighted by atomic mass is 16.5. The van der Waals surface area contributed by atoms with Crippen LogP contribution in [0.15, 0.2) is 71.5 Å². The number of benzene rings is 2. The number of hydrogen-bond donors (Lipinski definition) is 2. The number of carbonyl (C=O) groups is 1. The summed E-state index contributed by atoms with van der Waals surface area (Å²) in [6.07, 6.45) is 3.69. The van der Waals surface area contributed by atoms with E-state index in [1.807, 2.05) is 56.3 Å². The first-order valence-electron chi connectivity index (χ1n) is 10.8. The molecule has 0 unspecified atom stereocenters. The number of amides is 2. The quantitative estimate of drug-likeness (QED) is 0.361. The zero-order valence-electron chi connectivity index (χ0n) is 19.3. The number of nitrogens with zero attached hydrogens (tertiary/aromatic N) is 2. The van der Waals surface area contributed by atoms with E-state index in [0.29, 0.717) is 41.9 Å². The fourth-order valence-corrected chi connectivity index (χ4v) is 3.22. The van der Waals surface area contributed by atoms with Gasteiger partial charge >= 0.3 is 6.03 Å². The number of carbonyl (C=O) groups excluding carboxylic acids is 1. The SMILES string of the molecule is COc1cc(C)ccc1Oc1ccc(NC(=O)NCCc2coc(-c3ccc(C)cc3)n2)cn1. The third-order valence-electron chi connectivity index (χ3n) is 5.04. The minimum atomic E-state index is -0.335. The molecule has 2 N–H and O–H groups in total. The lowest BCUT2D eigenvalue weighted by molar-refractivity contribution is 0.252. The summed E-state index contributed by atoms with van der Waals surface area (Å²) >= 11 is 0. The van der Waals surface area contributed by atoms with Crippen molar-refractivity contribution in [3.8, 4) is 28.8 Å². The van der Waals surface area contributed by atoms with Crippen LogP contribution < -0.4 is 20.1 Å². The van der Waals surface area contributed by atoms with Crippen LogP contribution in [0.3, 0.4) is 0 Å². The van der Waals surface area contributed by atoms with Crippen molar-refractivity contribution in [2.75, 3.05) is 19.0 Å². The third kappa shape index (κ3) is 5.92. The Morgan fingerprint density at radius 1 is 1.00 bits per heavy atom. The van der Waals surface area contributed by atoms with Crippen LogP contribution in [0.1, 0.15) is 16.8 Å². The van der Waals surface area contributed by atoms with E-state index >= 15 is 0 Å². The van der Waals surface area contributed by atoms with Gasteiger partial charge in [0.05, 0.1) is 24.7 Å². The van der Waals surface area contributed by atoms with Gasteiger partial charge in [-0.1, -0.05) is 23.8 Å². The average molecular weight is 459 g/mol. The Bertz CT molecular complexity index is 1250. The van der Waals surface area contributed by atoms with Crippen molar-refractivity contribution in [1.82, 2.24) is 15.3 Å². The van der Waals surface area contributed by atoms with Crippen LogP contribution in [0, 0.1) is 13.8 Å². The number of pyridine rings is 1. The van der Waals surface area contributed by atoms with Crippen molar-refractivity contribution in [2.24, 2.45) is 0 Å². The molecule has 0 atom stereocenters. The van der Waals surface area contributed by atoms with Gasteiger partial charge in [-0.3, -0.25) is 0 Å². The molecule has 2 aromatic heterocycles. The normalized spacial score (nSPS) is 10.6. The summed E-state index contributed by atoms with van der Waals surface area (Å²) in [5.41, 5.74) is 4.48. The Morgan fingerprint density at radius 2 is 1.79 bits per heavy atom. The number of oxazole rings is 1. The van der Waals surface area contributed by atoms with Crippen LogP contribution in [0.4, 0.5) is 10.5 Å². The summed E-state index contributed by atoms with van der Waals surface area (Å²) in [5, 5.41) is 5.55. The zero-order chi connectivity index (χ0) is 23.9. The predicted octanol–water partition coefficient (Wildman–Crippen LogP) is 5.52. The van der Waals surface area contributed by atoms with Crippen molar-refractivity contribution in [3.05, 3.63) is 83.9 Å². The maximum absolute atomic E-state index is 12.2. The smallest absolute Gasteiger partial charge is 0.319 e. The number of hydrogen-bond acceptors (Lipinski definition) is 6. The van der Waals surface area contributed by atoms with Crippen LogP contribution >= 0.6 is 0 Å². The molecule has 0 aliphatic heterocycles. The third-order valence-corrected chi connectivity index (χ3v) is 5.04. The Balaban J connectivity index is 1.25. The highest BCUT2D eigenvalue weighted by molar-refractivity contribution is 5.89. The van der Waals surface area contributed by atoms with Crippen LogP contribution in [-0.4, -0.2) is 29.7 Å². The van der Waals surface area contributed by atoms with Crippen molar-refractivity contribution in [2.45, 2.75) is 20.3 Å². The van der Waals surface area contributed by atoms with E-state index in [-0.39, 0.29) is 6.03 Å². The minimum absolute atomic E-state index is 0.335. The van der Waals surface area contributed by atoms with E-state index in [0.717, 1.165) is 16.8 Å². The second-order valence-corrected chi connectivity index (χ2v) is 7.78. The molecule has 2 aromatic carbocycles. The first kappa shape index (κ1) is 22.8. The van der Waals surface area contributed by atoms with E-state index in [1.54, 1.807) is 25.5 Å². The molecule has 0 saturated heterocycles. The average Bonchev–Trinajstić information content (AvgIpc) is 3.31. The summed E-state index contributed by atoms with van der Waals surface area (Å²) in [6.45, 7) is 4.42. The summed E-state index contributed by atoms with van der Waals surface area (Å²) < 4.78 is 16.7. The van der Waals surface area contributed by atoms with E-state index in [1.165, 1.54) is 11.8 Å². The van der Waals surface area contributed by atoms with Crippen molar-refractivity contribution < 1.29 is 18.7 Å². The molecule has 0 radical (unpaired) electrons. The number of aryl methyl sites for hydroxylation is 2. The topological polar surface area (TPSA) is 98.5 Å². The first-order valence-corrected chi connectivity index (χ1v) is 10.8. The number of anilines is 1. The molecule has 4 aromatic rings. The van der Waals surface area contributed by atoms with Gasteiger partial charge in [0.1, 0.15) is 6.26 Å². The molecule has 0 spiro atoms. The van der Waals surface area contributed by atoms with Gasteiger partial charge in [0.2, 0.25) is 11.8 Å². The summed E-state index contributed by atoms with van der Waals surface area (Å²) in [7, 11) is 1.59. The molecule has 0 bridgehead atoms. The van der Waals surface area contributed by atoms with E-state index in [9.17, 15) is 4.79 Å². The second kappa shape index (κ2) is 10.5. The Hall–Kier alpha value is -4.33. The predicted molar refractivity (Wildman–Crippen MR) is 129 cm³/mol. The zero-order valence-corrected chi connectivity index (χ0v) is 19.3. The van der Waals surface area contributed by atoms with Crippen LogP contribution in [-0.2, 0) is 6.42 Å². The monoisotopic (exact) mass is 458 g/mol. The molecule has 34 heavy (non-hydrogen) atoms. The number of urea groups is 1. The lowest BCUT2D eigenvalue weighted by Gasteiger charge is -2.11. The highest BCUT2D eigenvalue weighted by Crippen LogP contribution is 2.31. The molecule has 0 aliphatic carbocycles. The summed E-state index contributed by atoms with van der Waals surface area (Å²) in [6, 6.07) is 16.7. The molecule has 2 amide bonds. The van der Waals surface area contributed by atoms with Gasteiger partial charge in [-0.25, -0.2) is 14.8 Å². The van der Waals surface area contributed by atoms with E-state index < -0.39 is 0 Å². The highest BCUT2D eigenvalue weighted by Gasteiger charge is 2.09. The molecule has 0 saturated carbocycles. The van der Waals surface area contributed by atoms with Crippen LogP contribution in [0.5, 0.6) is 17.4 Å². The maximum Gasteiger partial charge on any atom is 0.319 e. The van der Waals surface area contributed by atoms with Gasteiger partial charge < -0.3 is 24.5 Å². The summed E-state index contributed by atoms with van der Waals surface area (Å²) in [4.78, 5) is 20.9. The number of rotatable bonds is 8. The lowest BCUT2D eigenvalue weighted by Crippen LogP contribution is -2.30. The van der Waals surface area contributed by atoms with Gasteiger partial charge in [-0.15, -0.1) is 0 Å². The standard InChI is InChI=1S/C26H26N4O4/c1-17-4-7-19(8-5-17)25-29-21(16-33-25)12-13-27-26(31)30-20-9-11-24(28-15-20)34-22-10-6-18(2)14-23(22)32-3/h4-11,14-16H,12-13H2,1-3H3,(H2,27,30,31). The van der Waals surface area contributed by atoms with Gasteiger partial charge in [0, 0.05) is 24.6 Å². The molecule has 0 fully saturated rings. The summed E-state index contributed by atoms with van der Waals surface area (Å²) in [5.74, 6) is 2.15. The molecule has 8 nitrogen and oxygen atoms in total. The van der Waals surface area contributed by atoms with Crippen molar-refractivity contribution in [3.63, 3.8) is 0 Å². The molecule has 2 heterocycles. The van der Waals surface area contributed by atoms with Crippen LogP contribution in [0.2, 0.25) is 0 Å². The number of ether oxygens (including phenoxy) is 2. The molecule has 174 valence electrons. The van der Waals surface area contributed by atoms with Gasteiger partial charge in [-0.2, -0.15) is 0 Å². The Morgan fingerprint density at radius 3 is 2.53 bits per heavy atom. The van der Waals surface area contributed by atoms with Gasteiger partial charge in [0.15, 0.2) is 11.5 Å². The van der Waals surface area contributed by atoms with Crippen molar-refractivity contribution in [1.29, 1.82) is 0 Å². The van der Waals surface area contributed by atoms with Gasteiger partial charge in [-0.05, 0) is 49.7 Å². The first-order chi connectivity index (χ1) is 16.5. The molecule has 8 heteroatoms. The fraction of sp³-hybridized carbons (Fsp3) is 0.192. The van der Waals surface area contributed by atoms with Crippen LogP contribution in [0.25, 0.3) is 11.5 Å². The maximum atomic E-state index is 12.2. The number of methoxy groups -OCH3 is 1. The van der Waals surface area contributed by atoms with E-state index in [2.05, 4.69) is 20.6 Å². The van der Waals surface area contributed by atoms with E-state index in [4.69, 9.17) is 13.9 Å². The fourth-order valence-electron chi connectivity index (χ4n) is 3.22. The van der Waals surface area contributed by atoms with Crippen molar-refractivity contribution >= 4 is 11.7 Å². The molecular weight excluding hydrogens is 432 g/mol. The number of aromatic nitrogens is 2. The van der Waals surface area contributed by atoms with Gasteiger partial charge in [0.25, 0.3) is 0 Å². The molecule has 4 rings (SSSR count). The molecule has 0 aliphatic rings. The minimum Gasteiger partial charge on any atom is -0.493 e. The Labute approximate surface area is 198 Å².